The summed E-state index contributed by atoms with van der Waals surface area (Å²) in [5, 5.41) is 10.7. The number of hydrogen-bond acceptors (Lipinski definition) is 2. The Hall–Kier alpha value is -0.0800. The Morgan fingerprint density at radius 2 is 1.56 bits per heavy atom. The van der Waals surface area contributed by atoms with Crippen LogP contribution in [0.3, 0.4) is 0 Å². The summed E-state index contributed by atoms with van der Waals surface area (Å²) >= 11 is 0. The van der Waals surface area contributed by atoms with Gasteiger partial charge in [0.05, 0.1) is 5.60 Å². The van der Waals surface area contributed by atoms with E-state index in [1.807, 2.05) is 0 Å². The fraction of sp³-hybridized carbons (Fsp3) is 1.00. The van der Waals surface area contributed by atoms with E-state index in [9.17, 15) is 5.11 Å². The summed E-state index contributed by atoms with van der Waals surface area (Å²) < 4.78 is 0. The van der Waals surface area contributed by atoms with Gasteiger partial charge in [-0.3, -0.25) is 0 Å². The van der Waals surface area contributed by atoms with Crippen LogP contribution in [0.25, 0.3) is 0 Å². The van der Waals surface area contributed by atoms with Gasteiger partial charge in [-0.1, -0.05) is 45.4 Å². The number of aliphatic hydroxyl groups is 1. The number of hydrogen-bond donors (Lipinski definition) is 1. The molecule has 0 saturated carbocycles. The van der Waals surface area contributed by atoms with Crippen LogP contribution in [0.4, 0.5) is 0 Å². The molecule has 2 bridgehead atoms. The highest BCUT2D eigenvalue weighted by Crippen LogP contribution is 2.41. The molecular weight excluding hydrogens is 222 g/mol. The van der Waals surface area contributed by atoms with Crippen molar-refractivity contribution in [1.29, 1.82) is 0 Å². The van der Waals surface area contributed by atoms with Gasteiger partial charge in [-0.2, -0.15) is 0 Å². The minimum absolute atomic E-state index is 0.330. The van der Waals surface area contributed by atoms with Crippen molar-refractivity contribution in [1.82, 2.24) is 4.90 Å². The van der Waals surface area contributed by atoms with E-state index >= 15 is 0 Å². The average molecular weight is 253 g/mol. The summed E-state index contributed by atoms with van der Waals surface area (Å²) in [4.78, 5) is 2.51. The maximum Gasteiger partial charge on any atom is 0.0677 e. The number of fused-ring (bicyclic) bond motifs is 2. The van der Waals surface area contributed by atoms with Gasteiger partial charge in [-0.25, -0.2) is 0 Å². The molecule has 2 aliphatic rings. The third-order valence-corrected chi connectivity index (χ3v) is 5.21. The lowest BCUT2D eigenvalue weighted by molar-refractivity contribution is -0.0514. The Labute approximate surface area is 113 Å². The van der Waals surface area contributed by atoms with Gasteiger partial charge in [-0.15, -0.1) is 0 Å². The predicted octanol–water partition coefficient (Wildman–Crippen LogP) is 3.72. The van der Waals surface area contributed by atoms with Gasteiger partial charge in [0.15, 0.2) is 0 Å². The van der Waals surface area contributed by atoms with Gasteiger partial charge >= 0.3 is 0 Å². The number of rotatable bonds is 7. The molecular formula is C16H31NO. The van der Waals surface area contributed by atoms with Crippen LogP contribution in [-0.4, -0.2) is 34.7 Å². The molecule has 2 unspecified atom stereocenters. The van der Waals surface area contributed by atoms with Crippen molar-refractivity contribution in [3.05, 3.63) is 0 Å². The van der Waals surface area contributed by atoms with E-state index in [2.05, 4.69) is 18.9 Å². The molecule has 2 saturated heterocycles. The van der Waals surface area contributed by atoms with E-state index < -0.39 is 0 Å². The normalized spacial score (nSPS) is 36.2. The Morgan fingerprint density at radius 3 is 2.17 bits per heavy atom. The van der Waals surface area contributed by atoms with Crippen LogP contribution >= 0.6 is 0 Å². The summed E-state index contributed by atoms with van der Waals surface area (Å²) in [5.74, 6) is 0. The largest absolute Gasteiger partial charge is 0.390 e. The fourth-order valence-corrected chi connectivity index (χ4v) is 3.98. The third-order valence-electron chi connectivity index (χ3n) is 5.21. The summed E-state index contributed by atoms with van der Waals surface area (Å²) in [6.45, 7) is 2.26. The second-order valence-corrected chi connectivity index (χ2v) is 6.70. The molecule has 106 valence electrons. The first-order valence-corrected chi connectivity index (χ1v) is 8.09. The van der Waals surface area contributed by atoms with Crippen molar-refractivity contribution in [2.75, 3.05) is 7.05 Å². The molecule has 2 fully saturated rings. The third kappa shape index (κ3) is 3.48. The molecule has 0 aromatic heterocycles. The quantitative estimate of drug-likeness (QED) is 0.699. The highest BCUT2D eigenvalue weighted by molar-refractivity contribution is 5.00. The average Bonchev–Trinajstić information content (AvgIpc) is 2.58. The second-order valence-electron chi connectivity index (χ2n) is 6.70. The van der Waals surface area contributed by atoms with Gasteiger partial charge in [0, 0.05) is 12.1 Å². The number of nitrogens with zero attached hydrogens (tertiary/aromatic N) is 1. The molecule has 0 amide bonds. The van der Waals surface area contributed by atoms with Gasteiger partial charge in [-0.05, 0) is 39.2 Å². The van der Waals surface area contributed by atoms with Gasteiger partial charge in [0.1, 0.15) is 0 Å². The van der Waals surface area contributed by atoms with Gasteiger partial charge < -0.3 is 10.0 Å². The molecule has 2 rings (SSSR count). The molecule has 0 aromatic rings. The molecule has 18 heavy (non-hydrogen) atoms. The Bertz CT molecular complexity index is 239. The molecule has 0 radical (unpaired) electrons. The highest BCUT2D eigenvalue weighted by atomic mass is 16.3. The van der Waals surface area contributed by atoms with E-state index in [0.29, 0.717) is 12.1 Å². The Kier molecular flexibility index (Phi) is 5.08. The molecule has 2 heterocycles. The first-order chi connectivity index (χ1) is 8.64. The first kappa shape index (κ1) is 14.3. The van der Waals surface area contributed by atoms with Crippen LogP contribution < -0.4 is 0 Å². The predicted molar refractivity (Wildman–Crippen MR) is 76.7 cm³/mol. The minimum Gasteiger partial charge on any atom is -0.390 e. The van der Waals surface area contributed by atoms with E-state index in [0.717, 1.165) is 19.3 Å². The van der Waals surface area contributed by atoms with E-state index in [1.165, 1.54) is 51.4 Å². The van der Waals surface area contributed by atoms with Crippen molar-refractivity contribution in [2.24, 2.45) is 0 Å². The van der Waals surface area contributed by atoms with Gasteiger partial charge in [0.25, 0.3) is 0 Å². The lowest BCUT2D eigenvalue weighted by atomic mass is 9.82. The van der Waals surface area contributed by atoms with Crippen molar-refractivity contribution in [3.63, 3.8) is 0 Å². The van der Waals surface area contributed by atoms with Crippen LogP contribution in [0.5, 0.6) is 0 Å². The molecule has 0 aliphatic carbocycles. The summed E-state index contributed by atoms with van der Waals surface area (Å²) in [5.41, 5.74) is -0.330. The topological polar surface area (TPSA) is 23.5 Å². The zero-order valence-electron chi connectivity index (χ0n) is 12.3. The van der Waals surface area contributed by atoms with Crippen molar-refractivity contribution >= 4 is 0 Å². The van der Waals surface area contributed by atoms with Crippen LogP contribution in [0, 0.1) is 0 Å². The van der Waals surface area contributed by atoms with Crippen molar-refractivity contribution < 1.29 is 5.11 Å². The van der Waals surface area contributed by atoms with E-state index in [4.69, 9.17) is 0 Å². The maximum absolute atomic E-state index is 10.7. The minimum atomic E-state index is -0.330. The van der Waals surface area contributed by atoms with Crippen LogP contribution in [0.2, 0.25) is 0 Å². The van der Waals surface area contributed by atoms with Gasteiger partial charge in [0.2, 0.25) is 0 Å². The van der Waals surface area contributed by atoms with Crippen LogP contribution in [-0.2, 0) is 0 Å². The second kappa shape index (κ2) is 6.38. The zero-order chi connectivity index (χ0) is 13.0. The van der Waals surface area contributed by atoms with E-state index in [-0.39, 0.29) is 5.60 Å². The monoisotopic (exact) mass is 253 g/mol. The van der Waals surface area contributed by atoms with Crippen molar-refractivity contribution in [3.8, 4) is 0 Å². The lowest BCUT2D eigenvalue weighted by Crippen LogP contribution is -2.49. The maximum atomic E-state index is 10.7. The molecule has 2 nitrogen and oxygen atoms in total. The Balaban J connectivity index is 1.66. The Morgan fingerprint density at radius 1 is 1.00 bits per heavy atom. The SMILES string of the molecule is CCCCCCCCC1(O)CC2CCC(C1)N2C. The number of unbranched alkanes of at least 4 members (excludes halogenated alkanes) is 5. The number of piperidine rings is 1. The molecule has 2 heteroatoms. The van der Waals surface area contributed by atoms with E-state index in [1.54, 1.807) is 0 Å². The smallest absolute Gasteiger partial charge is 0.0677 e. The molecule has 2 atom stereocenters. The zero-order valence-corrected chi connectivity index (χ0v) is 12.3. The lowest BCUT2D eigenvalue weighted by Gasteiger charge is -2.42. The summed E-state index contributed by atoms with van der Waals surface area (Å²) in [6, 6.07) is 1.32. The molecule has 1 N–H and O–H groups in total. The molecule has 0 spiro atoms. The first-order valence-electron chi connectivity index (χ1n) is 8.09. The summed E-state index contributed by atoms with van der Waals surface area (Å²) in [6.07, 6.45) is 13.7. The van der Waals surface area contributed by atoms with Crippen molar-refractivity contribution in [2.45, 2.75) is 95.2 Å². The van der Waals surface area contributed by atoms with Crippen LogP contribution in [0.1, 0.15) is 77.6 Å². The standard InChI is InChI=1S/C16H31NO/c1-3-4-5-6-7-8-11-16(18)12-14-9-10-15(13-16)17(14)2/h14-15,18H,3-13H2,1-2H3. The molecule has 2 aliphatic heterocycles. The fourth-order valence-electron chi connectivity index (χ4n) is 3.98. The summed E-state index contributed by atoms with van der Waals surface area (Å²) in [7, 11) is 2.24. The molecule has 0 aromatic carbocycles. The van der Waals surface area contributed by atoms with Crippen LogP contribution in [0.15, 0.2) is 0 Å². The highest BCUT2D eigenvalue weighted by Gasteiger charge is 2.45.